The maximum atomic E-state index is 15.2. The molecule has 8 nitrogen and oxygen atoms in total. The summed E-state index contributed by atoms with van der Waals surface area (Å²) in [6.45, 7) is 11.9. The molecule has 1 saturated heterocycles. The number of aromatic nitrogens is 4. The Morgan fingerprint density at radius 3 is 2.53 bits per heavy atom. The Morgan fingerprint density at radius 1 is 1.13 bits per heavy atom. The Labute approximate surface area is 223 Å². The number of nitrogens with zero attached hydrogens (tertiary/aromatic N) is 5. The van der Waals surface area contributed by atoms with Crippen molar-refractivity contribution in [2.45, 2.75) is 38.3 Å². The van der Waals surface area contributed by atoms with Crippen LogP contribution in [0.15, 0.2) is 36.7 Å². The Hall–Kier alpha value is -3.78. The lowest BCUT2D eigenvalue weighted by Gasteiger charge is -2.30. The lowest BCUT2D eigenvalue weighted by atomic mass is 9.91. The number of aliphatic hydroxyl groups is 1. The molecular formula is C27H24ClF2N7O. The maximum absolute atomic E-state index is 15.2. The highest BCUT2D eigenvalue weighted by Gasteiger charge is 2.34. The first-order valence-electron chi connectivity index (χ1n) is 12.1. The quantitative estimate of drug-likeness (QED) is 0.285. The van der Waals surface area contributed by atoms with Crippen LogP contribution in [-0.2, 0) is 5.60 Å². The van der Waals surface area contributed by atoms with E-state index in [-0.39, 0.29) is 33.1 Å². The van der Waals surface area contributed by atoms with Crippen molar-refractivity contribution in [2.75, 3.05) is 18.4 Å². The van der Waals surface area contributed by atoms with Gasteiger partial charge in [0.1, 0.15) is 22.6 Å². The van der Waals surface area contributed by atoms with E-state index in [0.29, 0.717) is 48.6 Å². The number of nitrogens with one attached hydrogen (secondary N) is 2. The van der Waals surface area contributed by atoms with Gasteiger partial charge in [-0.25, -0.2) is 33.6 Å². The Morgan fingerprint density at radius 2 is 1.84 bits per heavy atom. The lowest BCUT2D eigenvalue weighted by molar-refractivity contribution is -0.00250. The van der Waals surface area contributed by atoms with Gasteiger partial charge in [0.15, 0.2) is 17.3 Å². The first-order chi connectivity index (χ1) is 18.2. The number of pyridine rings is 2. The van der Waals surface area contributed by atoms with Crippen LogP contribution in [0.1, 0.15) is 42.9 Å². The van der Waals surface area contributed by atoms with Crippen molar-refractivity contribution in [1.29, 1.82) is 0 Å². The molecule has 4 heterocycles. The first kappa shape index (κ1) is 25.9. The number of hydrogen-bond acceptors (Lipinski definition) is 7. The van der Waals surface area contributed by atoms with Gasteiger partial charge in [-0.3, -0.25) is 0 Å². The molecule has 1 aromatic carbocycles. The number of anilines is 1. The van der Waals surface area contributed by atoms with Crippen LogP contribution in [0, 0.1) is 25.1 Å². The van der Waals surface area contributed by atoms with Crippen molar-refractivity contribution >= 4 is 34.0 Å². The van der Waals surface area contributed by atoms with Gasteiger partial charge in [-0.15, -0.1) is 0 Å². The number of hydrogen-bond donors (Lipinski definition) is 3. The van der Waals surface area contributed by atoms with Crippen LogP contribution in [0.3, 0.4) is 0 Å². The number of aryl methyl sites for hydroxylation is 1. The molecule has 1 atom stereocenters. The van der Waals surface area contributed by atoms with E-state index >= 15 is 4.39 Å². The third-order valence-electron chi connectivity index (χ3n) is 6.73. The molecule has 0 radical (unpaired) electrons. The number of fused-ring (bicyclic) bond motifs is 1. The predicted molar refractivity (Wildman–Crippen MR) is 141 cm³/mol. The minimum Gasteiger partial charge on any atom is -0.382 e. The molecule has 4 aromatic rings. The van der Waals surface area contributed by atoms with Crippen LogP contribution in [-0.4, -0.2) is 38.1 Å². The Bertz CT molecular complexity index is 1570. The van der Waals surface area contributed by atoms with Crippen LogP contribution in [0.4, 0.5) is 20.2 Å². The average Bonchev–Trinajstić information content (AvgIpc) is 2.92. The summed E-state index contributed by atoms with van der Waals surface area (Å²) in [5.41, 5.74) is 1.10. The molecule has 1 aliphatic heterocycles. The topological polar surface area (TPSA) is 100 Å². The summed E-state index contributed by atoms with van der Waals surface area (Å²) in [7, 11) is 0. The molecule has 0 amide bonds. The molecule has 194 valence electrons. The summed E-state index contributed by atoms with van der Waals surface area (Å²) in [5.74, 6) is -0.821. The van der Waals surface area contributed by atoms with Crippen molar-refractivity contribution in [1.82, 2.24) is 25.3 Å². The van der Waals surface area contributed by atoms with Gasteiger partial charge in [-0.1, -0.05) is 17.7 Å². The van der Waals surface area contributed by atoms with Gasteiger partial charge in [0.05, 0.1) is 34.5 Å². The van der Waals surface area contributed by atoms with Crippen LogP contribution < -0.4 is 10.6 Å². The van der Waals surface area contributed by atoms with Gasteiger partial charge in [0.2, 0.25) is 0 Å². The molecule has 0 aliphatic carbocycles. The molecule has 3 N–H and O–H groups in total. The van der Waals surface area contributed by atoms with Gasteiger partial charge in [-0.05, 0) is 57.5 Å². The number of rotatable bonds is 5. The molecule has 5 rings (SSSR count). The van der Waals surface area contributed by atoms with E-state index in [2.05, 4.69) is 35.4 Å². The van der Waals surface area contributed by atoms with E-state index < -0.39 is 23.3 Å². The molecule has 1 fully saturated rings. The Balaban J connectivity index is 1.56. The van der Waals surface area contributed by atoms with Crippen LogP contribution >= 0.6 is 11.6 Å². The zero-order valence-corrected chi connectivity index (χ0v) is 21.4. The third-order valence-corrected chi connectivity index (χ3v) is 7.19. The van der Waals surface area contributed by atoms with Crippen molar-refractivity contribution in [2.24, 2.45) is 0 Å². The fourth-order valence-corrected chi connectivity index (χ4v) is 4.76. The number of benzene rings is 1. The van der Waals surface area contributed by atoms with Crippen molar-refractivity contribution in [3.05, 3.63) is 81.8 Å². The molecule has 0 spiro atoms. The van der Waals surface area contributed by atoms with Gasteiger partial charge < -0.3 is 15.7 Å². The highest BCUT2D eigenvalue weighted by atomic mass is 35.5. The lowest BCUT2D eigenvalue weighted by Crippen LogP contribution is -2.40. The molecule has 1 aliphatic rings. The average molecular weight is 536 g/mol. The second-order valence-corrected chi connectivity index (χ2v) is 9.71. The molecular weight excluding hydrogens is 512 g/mol. The first-order valence-corrected chi connectivity index (χ1v) is 12.4. The van der Waals surface area contributed by atoms with Gasteiger partial charge in [0, 0.05) is 24.0 Å². The highest BCUT2D eigenvalue weighted by Crippen LogP contribution is 2.37. The SMILES string of the molecule is [C-]#[N+]c1ccc(F)c([C@@H](C)Nc2c(Cl)c(C)nc3cc(F)c(-c4cnc(C5(O)CCNCC5)nc4)nc23)c1. The van der Waals surface area contributed by atoms with Crippen molar-refractivity contribution < 1.29 is 13.9 Å². The van der Waals surface area contributed by atoms with E-state index in [1.54, 1.807) is 13.8 Å². The van der Waals surface area contributed by atoms with Gasteiger partial charge in [0.25, 0.3) is 0 Å². The summed E-state index contributed by atoms with van der Waals surface area (Å²) >= 11 is 6.60. The monoisotopic (exact) mass is 535 g/mol. The fraction of sp³-hybridized carbons (Fsp3) is 0.296. The summed E-state index contributed by atoms with van der Waals surface area (Å²) in [4.78, 5) is 20.9. The normalized spacial score (nSPS) is 15.7. The highest BCUT2D eigenvalue weighted by molar-refractivity contribution is 6.35. The minimum absolute atomic E-state index is 0.0139. The van der Waals surface area contributed by atoms with Crippen molar-refractivity contribution in [3.63, 3.8) is 0 Å². The summed E-state index contributed by atoms with van der Waals surface area (Å²) in [6.07, 6.45) is 3.82. The number of piperidine rings is 1. The van der Waals surface area contributed by atoms with Gasteiger partial charge in [-0.2, -0.15) is 0 Å². The largest absolute Gasteiger partial charge is 0.382 e. The molecule has 0 unspecified atom stereocenters. The Kier molecular flexibility index (Phi) is 6.92. The predicted octanol–water partition coefficient (Wildman–Crippen LogP) is 5.62. The zero-order chi connectivity index (χ0) is 27.0. The van der Waals surface area contributed by atoms with Crippen molar-refractivity contribution in [3.8, 4) is 11.3 Å². The molecule has 38 heavy (non-hydrogen) atoms. The van der Waals surface area contributed by atoms with Crippen LogP contribution in [0.5, 0.6) is 0 Å². The maximum Gasteiger partial charge on any atom is 0.187 e. The second-order valence-electron chi connectivity index (χ2n) is 9.33. The van der Waals surface area contributed by atoms with E-state index in [9.17, 15) is 9.50 Å². The van der Waals surface area contributed by atoms with Crippen LogP contribution in [0.2, 0.25) is 5.02 Å². The van der Waals surface area contributed by atoms with E-state index in [4.69, 9.17) is 18.2 Å². The third kappa shape index (κ3) is 4.76. The van der Waals surface area contributed by atoms with Crippen LogP contribution in [0.25, 0.3) is 27.1 Å². The summed E-state index contributed by atoms with van der Waals surface area (Å²) in [5, 5.41) is 17.5. The summed E-state index contributed by atoms with van der Waals surface area (Å²) in [6, 6.07) is 4.78. The van der Waals surface area contributed by atoms with E-state index in [1.165, 1.54) is 36.7 Å². The van der Waals surface area contributed by atoms with E-state index in [0.717, 1.165) is 0 Å². The second kappa shape index (κ2) is 10.2. The standard InChI is InChI=1S/C27H24ClF2N7O/c1-14(18-10-17(31-3)4-5-19(18)29)36-25-22(28)15(2)35-21-11-20(30)23(37-24(21)25)16-12-33-26(34-13-16)27(38)6-8-32-9-7-27/h4-5,10-14,32,38H,6-9H2,1-2H3,(H,35,36)/t14-/m1/s1. The smallest absolute Gasteiger partial charge is 0.187 e. The minimum atomic E-state index is -1.14. The van der Waals surface area contributed by atoms with Gasteiger partial charge >= 0.3 is 0 Å². The number of halogens is 3. The molecule has 3 aromatic heterocycles. The zero-order valence-electron chi connectivity index (χ0n) is 20.7. The molecule has 11 heteroatoms. The molecule has 0 bridgehead atoms. The van der Waals surface area contributed by atoms with E-state index in [1.807, 2.05) is 0 Å². The summed E-state index contributed by atoms with van der Waals surface area (Å²) < 4.78 is 29.8. The molecule has 0 saturated carbocycles. The fourth-order valence-electron chi connectivity index (χ4n) is 4.58.